The second-order valence-electron chi connectivity index (χ2n) is 5.86. The van der Waals surface area contributed by atoms with Gasteiger partial charge < -0.3 is 26.3 Å². The number of nitrogens with one attached hydrogen (secondary N) is 5. The van der Waals surface area contributed by atoms with Crippen LogP contribution in [0.25, 0.3) is 0 Å². The fourth-order valence-electron chi connectivity index (χ4n) is 3.08. The summed E-state index contributed by atoms with van der Waals surface area (Å²) < 4.78 is 0. The maximum atomic E-state index is 9.15. The average Bonchev–Trinajstić information content (AvgIpc) is 3.06. The summed E-state index contributed by atoms with van der Waals surface area (Å²) >= 11 is 0. The van der Waals surface area contributed by atoms with Gasteiger partial charge in [0.1, 0.15) is 12.5 Å². The first kappa shape index (κ1) is 15.3. The largest absolute Gasteiger partial charge is 0.384 e. The van der Waals surface area contributed by atoms with E-state index in [0.29, 0.717) is 13.1 Å². The van der Waals surface area contributed by atoms with Crippen LogP contribution in [0.15, 0.2) is 29.0 Å². The molecule has 1 fully saturated rings. The van der Waals surface area contributed by atoms with Gasteiger partial charge in [0, 0.05) is 29.7 Å². The van der Waals surface area contributed by atoms with Crippen molar-refractivity contribution in [3.63, 3.8) is 0 Å². The van der Waals surface area contributed by atoms with Gasteiger partial charge in [-0.05, 0) is 32.0 Å². The quantitative estimate of drug-likeness (QED) is 0.528. The SMILES string of the molecule is N#CCC1(N/C=C(\C=N)C2=NCNc3[nH]ccc32)CCNCC1. The Hall–Kier alpha value is -2.59. The van der Waals surface area contributed by atoms with E-state index < -0.39 is 0 Å². The number of hydrogen-bond acceptors (Lipinski definition) is 6. The van der Waals surface area contributed by atoms with Crippen LogP contribution in [0.1, 0.15) is 24.8 Å². The van der Waals surface area contributed by atoms with Crippen molar-refractivity contribution < 1.29 is 0 Å². The molecular weight excluding hydrogens is 290 g/mol. The van der Waals surface area contributed by atoms with E-state index in [1.54, 1.807) is 0 Å². The first-order valence-electron chi connectivity index (χ1n) is 7.80. The topological polar surface area (TPSA) is 112 Å². The highest BCUT2D eigenvalue weighted by molar-refractivity contribution is 6.25. The summed E-state index contributed by atoms with van der Waals surface area (Å²) in [6.45, 7) is 2.28. The smallest absolute Gasteiger partial charge is 0.114 e. The van der Waals surface area contributed by atoms with Crippen LogP contribution in [0.3, 0.4) is 0 Å². The fraction of sp³-hybridized carbons (Fsp3) is 0.438. The third-order valence-corrected chi connectivity index (χ3v) is 4.44. The normalized spacial score (nSPS) is 19.8. The minimum Gasteiger partial charge on any atom is -0.384 e. The minimum absolute atomic E-state index is 0.220. The van der Waals surface area contributed by atoms with Crippen LogP contribution in [0, 0.1) is 16.7 Å². The van der Waals surface area contributed by atoms with E-state index in [2.05, 4.69) is 32.0 Å². The van der Waals surface area contributed by atoms with Crippen LogP contribution >= 0.6 is 0 Å². The summed E-state index contributed by atoms with van der Waals surface area (Å²) in [5, 5.41) is 26.8. The number of aromatic nitrogens is 1. The predicted octanol–water partition coefficient (Wildman–Crippen LogP) is 1.35. The Morgan fingerprint density at radius 1 is 1.48 bits per heavy atom. The Labute approximate surface area is 135 Å². The molecule has 0 bridgehead atoms. The molecule has 0 atom stereocenters. The number of fused-ring (bicyclic) bond motifs is 1. The van der Waals surface area contributed by atoms with Gasteiger partial charge in [-0.25, -0.2) is 0 Å². The number of piperidine rings is 1. The van der Waals surface area contributed by atoms with Gasteiger partial charge in [-0.3, -0.25) is 4.99 Å². The number of anilines is 1. The maximum absolute atomic E-state index is 9.15. The summed E-state index contributed by atoms with van der Waals surface area (Å²) in [5.41, 5.74) is 2.27. The monoisotopic (exact) mass is 311 g/mol. The Bertz CT molecular complexity index is 671. The molecular formula is C16H21N7. The molecule has 23 heavy (non-hydrogen) atoms. The van der Waals surface area contributed by atoms with Gasteiger partial charge in [-0.15, -0.1) is 0 Å². The first-order chi connectivity index (χ1) is 11.3. The van der Waals surface area contributed by atoms with Gasteiger partial charge >= 0.3 is 0 Å². The Balaban J connectivity index is 1.83. The lowest BCUT2D eigenvalue weighted by Gasteiger charge is -2.36. The minimum atomic E-state index is -0.220. The number of nitrogens with zero attached hydrogens (tertiary/aromatic N) is 2. The molecule has 7 heteroatoms. The zero-order chi connectivity index (χ0) is 16.1. The van der Waals surface area contributed by atoms with E-state index in [0.717, 1.165) is 48.6 Å². The number of allylic oxidation sites excluding steroid dienone is 1. The Morgan fingerprint density at radius 3 is 3.04 bits per heavy atom. The Morgan fingerprint density at radius 2 is 2.30 bits per heavy atom. The second kappa shape index (κ2) is 6.67. The molecule has 0 radical (unpaired) electrons. The van der Waals surface area contributed by atoms with Crippen molar-refractivity contribution in [2.24, 2.45) is 4.99 Å². The lowest BCUT2D eigenvalue weighted by atomic mass is 9.85. The molecule has 1 aromatic rings. The standard InChI is InChI=1S/C16H21N7/c17-5-2-16(3-7-19-8-4-16)23-10-12(9-18)14-13-1-6-20-15(13)22-11-21-14/h1,6,9-10,18-20,22-23H,2-4,7-8,11H2/b12-10+,18-9?. The van der Waals surface area contributed by atoms with E-state index in [1.165, 1.54) is 6.21 Å². The van der Waals surface area contributed by atoms with Crippen molar-refractivity contribution in [3.8, 4) is 6.07 Å². The number of hydrogen-bond donors (Lipinski definition) is 5. The highest BCUT2D eigenvalue weighted by atomic mass is 15.1. The van der Waals surface area contributed by atoms with Crippen LogP contribution in [0.4, 0.5) is 5.82 Å². The van der Waals surface area contributed by atoms with E-state index in [1.807, 2.05) is 18.5 Å². The summed E-state index contributed by atoms with van der Waals surface area (Å²) in [4.78, 5) is 7.63. The van der Waals surface area contributed by atoms with Crippen LogP contribution in [-0.2, 0) is 0 Å². The van der Waals surface area contributed by atoms with E-state index in [-0.39, 0.29) is 5.54 Å². The average molecular weight is 311 g/mol. The summed E-state index contributed by atoms with van der Waals surface area (Å²) in [7, 11) is 0. The van der Waals surface area contributed by atoms with Gasteiger partial charge in [0.2, 0.25) is 0 Å². The molecule has 7 nitrogen and oxygen atoms in total. The molecule has 3 rings (SSSR count). The number of nitriles is 1. The third-order valence-electron chi connectivity index (χ3n) is 4.44. The molecule has 0 aromatic carbocycles. The van der Waals surface area contributed by atoms with Crippen molar-refractivity contribution in [3.05, 3.63) is 29.6 Å². The first-order valence-corrected chi connectivity index (χ1v) is 7.80. The summed E-state index contributed by atoms with van der Waals surface area (Å²) in [5.74, 6) is 0.927. The summed E-state index contributed by atoms with van der Waals surface area (Å²) in [6.07, 6.45) is 7.26. The summed E-state index contributed by atoms with van der Waals surface area (Å²) in [6, 6.07) is 4.24. The van der Waals surface area contributed by atoms with Gasteiger partial charge in [-0.1, -0.05) is 0 Å². The molecule has 0 amide bonds. The fourth-order valence-corrected chi connectivity index (χ4v) is 3.08. The number of H-pyrrole nitrogens is 1. The predicted molar refractivity (Wildman–Crippen MR) is 90.9 cm³/mol. The van der Waals surface area contributed by atoms with Crippen LogP contribution < -0.4 is 16.0 Å². The van der Waals surface area contributed by atoms with Gasteiger partial charge in [0.25, 0.3) is 0 Å². The van der Waals surface area contributed by atoms with Crippen molar-refractivity contribution in [1.82, 2.24) is 15.6 Å². The number of aromatic amines is 1. The van der Waals surface area contributed by atoms with Crippen LogP contribution in [0.5, 0.6) is 0 Å². The molecule has 3 heterocycles. The molecule has 1 aromatic heterocycles. The van der Waals surface area contributed by atoms with Gasteiger partial charge in [0.05, 0.1) is 23.7 Å². The molecule has 0 aliphatic carbocycles. The van der Waals surface area contributed by atoms with Crippen molar-refractivity contribution in [2.75, 3.05) is 25.1 Å². The number of rotatable bonds is 5. The molecule has 2 aliphatic rings. The third kappa shape index (κ3) is 3.12. The second-order valence-corrected chi connectivity index (χ2v) is 5.86. The lowest BCUT2D eigenvalue weighted by Crippen LogP contribution is -2.50. The molecule has 5 N–H and O–H groups in total. The molecule has 0 spiro atoms. The maximum Gasteiger partial charge on any atom is 0.114 e. The van der Waals surface area contributed by atoms with Crippen molar-refractivity contribution in [2.45, 2.75) is 24.8 Å². The van der Waals surface area contributed by atoms with E-state index in [9.17, 15) is 0 Å². The van der Waals surface area contributed by atoms with Crippen molar-refractivity contribution >= 4 is 17.7 Å². The molecule has 0 unspecified atom stereocenters. The van der Waals surface area contributed by atoms with E-state index >= 15 is 0 Å². The molecule has 0 saturated carbocycles. The highest BCUT2D eigenvalue weighted by Gasteiger charge is 2.31. The lowest BCUT2D eigenvalue weighted by molar-refractivity contribution is 0.274. The Kier molecular flexibility index (Phi) is 4.44. The van der Waals surface area contributed by atoms with Crippen molar-refractivity contribution in [1.29, 1.82) is 10.7 Å². The van der Waals surface area contributed by atoms with Crippen LogP contribution in [0.2, 0.25) is 0 Å². The van der Waals surface area contributed by atoms with Gasteiger partial charge in [-0.2, -0.15) is 5.26 Å². The zero-order valence-electron chi connectivity index (χ0n) is 12.9. The van der Waals surface area contributed by atoms with Gasteiger partial charge in [0.15, 0.2) is 0 Å². The molecule has 2 aliphatic heterocycles. The zero-order valence-corrected chi connectivity index (χ0v) is 12.9. The van der Waals surface area contributed by atoms with E-state index in [4.69, 9.17) is 10.7 Å². The molecule has 120 valence electrons. The highest BCUT2D eigenvalue weighted by Crippen LogP contribution is 2.24. The molecule has 1 saturated heterocycles. The van der Waals surface area contributed by atoms with Crippen LogP contribution in [-0.4, -0.2) is 42.2 Å². The number of aliphatic imine (C=N–C) groups is 1.